The van der Waals surface area contributed by atoms with Gasteiger partial charge in [0.2, 0.25) is 5.91 Å². The van der Waals surface area contributed by atoms with Crippen LogP contribution in [-0.4, -0.2) is 41.7 Å². The van der Waals surface area contributed by atoms with Crippen molar-refractivity contribution in [3.8, 4) is 0 Å². The number of carbonyl (C=O) groups excluding carboxylic acids is 2. The smallest absolute Gasteiger partial charge is 0.264 e. The quantitative estimate of drug-likeness (QED) is 0.360. The van der Waals surface area contributed by atoms with Crippen LogP contribution in [0.1, 0.15) is 51.9 Å². The lowest BCUT2D eigenvalue weighted by atomic mass is 10.1. The van der Waals surface area contributed by atoms with E-state index in [1.807, 2.05) is 5.32 Å². The Morgan fingerprint density at radius 2 is 1.70 bits per heavy atom. The largest absolute Gasteiger partial charge is 0.383 e. The Hall–Kier alpha value is -0.990. The van der Waals surface area contributed by atoms with Gasteiger partial charge in [-0.05, 0) is 6.42 Å². The highest BCUT2D eigenvalue weighted by Gasteiger charge is 2.27. The maximum atomic E-state index is 10.3. The minimum atomic E-state index is -3.72. The SMILES string of the molecule is CCCCCCCCS(=O)(=O)O.O=C1CC(O)C(=O)N1. The molecule has 3 N–H and O–H groups in total. The van der Waals surface area contributed by atoms with Crippen LogP contribution in [0.3, 0.4) is 0 Å². The van der Waals surface area contributed by atoms with Crippen LogP contribution in [0.4, 0.5) is 0 Å². The maximum absolute atomic E-state index is 10.3. The Bertz CT molecular complexity index is 406. The van der Waals surface area contributed by atoms with Gasteiger partial charge in [-0.2, -0.15) is 8.42 Å². The summed E-state index contributed by atoms with van der Waals surface area (Å²) in [6, 6.07) is 0. The van der Waals surface area contributed by atoms with Crippen molar-refractivity contribution in [1.29, 1.82) is 0 Å². The molecule has 0 aromatic heterocycles. The van der Waals surface area contributed by atoms with Gasteiger partial charge in [-0.1, -0.05) is 39.0 Å². The Labute approximate surface area is 119 Å². The lowest BCUT2D eigenvalue weighted by Gasteiger charge is -1.98. The van der Waals surface area contributed by atoms with E-state index in [-0.39, 0.29) is 12.2 Å². The number of hydrogen-bond acceptors (Lipinski definition) is 5. The molecule has 1 fully saturated rings. The van der Waals surface area contributed by atoms with Crippen LogP contribution >= 0.6 is 0 Å². The number of amides is 2. The number of imide groups is 1. The molecule has 1 rings (SSSR count). The molecule has 1 aliphatic rings. The molecule has 0 saturated carbocycles. The van der Waals surface area contributed by atoms with Gasteiger partial charge in [0.15, 0.2) is 0 Å². The standard InChI is InChI=1S/C8H18O3S.C4H5NO3/c1-2-3-4-5-6-7-8-12(9,10)11;6-2-1-3(7)5-4(2)8/h2-8H2,1H3,(H,9,10,11);2,6H,1H2,(H,5,7,8). The molecule has 1 unspecified atom stereocenters. The number of aliphatic hydroxyl groups is 1. The minimum absolute atomic E-state index is 0.0842. The van der Waals surface area contributed by atoms with Gasteiger partial charge in [-0.15, -0.1) is 0 Å². The van der Waals surface area contributed by atoms with Crippen molar-refractivity contribution < 1.29 is 27.7 Å². The van der Waals surface area contributed by atoms with Crippen LogP contribution in [0.25, 0.3) is 0 Å². The molecule has 0 aromatic carbocycles. The molecule has 7 nitrogen and oxygen atoms in total. The van der Waals surface area contributed by atoms with E-state index in [9.17, 15) is 18.0 Å². The number of hydrogen-bond donors (Lipinski definition) is 3. The third kappa shape index (κ3) is 10.9. The lowest BCUT2D eigenvalue weighted by Crippen LogP contribution is -2.24. The number of nitrogens with one attached hydrogen (secondary N) is 1. The Kier molecular flexibility index (Phi) is 9.35. The Morgan fingerprint density at radius 1 is 1.15 bits per heavy atom. The first-order valence-electron chi connectivity index (χ1n) is 6.73. The van der Waals surface area contributed by atoms with Gasteiger partial charge >= 0.3 is 0 Å². The van der Waals surface area contributed by atoms with E-state index in [0.29, 0.717) is 6.42 Å². The summed E-state index contributed by atoms with van der Waals surface area (Å²) in [5, 5.41) is 10.5. The Balaban J connectivity index is 0.000000388. The van der Waals surface area contributed by atoms with Crippen LogP contribution in [0, 0.1) is 0 Å². The average molecular weight is 309 g/mol. The first kappa shape index (κ1) is 19.0. The summed E-state index contributed by atoms with van der Waals surface area (Å²) in [4.78, 5) is 20.4. The summed E-state index contributed by atoms with van der Waals surface area (Å²) in [6.07, 6.45) is 4.94. The molecular weight excluding hydrogens is 286 g/mol. The summed E-state index contributed by atoms with van der Waals surface area (Å²) in [6.45, 7) is 2.14. The second-order valence-electron chi connectivity index (χ2n) is 4.69. The van der Waals surface area contributed by atoms with E-state index in [1.54, 1.807) is 0 Å². The number of rotatable bonds is 7. The number of aliphatic hydroxyl groups excluding tert-OH is 1. The van der Waals surface area contributed by atoms with Crippen molar-refractivity contribution in [3.05, 3.63) is 0 Å². The van der Waals surface area contributed by atoms with Gasteiger partial charge in [-0.25, -0.2) is 0 Å². The van der Waals surface area contributed by atoms with Crippen LogP contribution in [-0.2, 0) is 19.7 Å². The highest BCUT2D eigenvalue weighted by atomic mass is 32.2. The van der Waals surface area contributed by atoms with Crippen molar-refractivity contribution >= 4 is 21.9 Å². The third-order valence-electron chi connectivity index (χ3n) is 2.70. The van der Waals surface area contributed by atoms with Gasteiger partial charge in [0.05, 0.1) is 12.2 Å². The van der Waals surface area contributed by atoms with E-state index < -0.39 is 28.0 Å². The highest BCUT2D eigenvalue weighted by Crippen LogP contribution is 2.05. The zero-order valence-electron chi connectivity index (χ0n) is 11.7. The van der Waals surface area contributed by atoms with Crippen molar-refractivity contribution in [1.82, 2.24) is 5.32 Å². The molecule has 2 amide bonds. The lowest BCUT2D eigenvalue weighted by molar-refractivity contribution is -0.127. The fourth-order valence-electron chi connectivity index (χ4n) is 1.60. The predicted octanol–water partition coefficient (Wildman–Crippen LogP) is 0.629. The van der Waals surface area contributed by atoms with E-state index >= 15 is 0 Å². The maximum Gasteiger partial charge on any atom is 0.264 e. The summed E-state index contributed by atoms with van der Waals surface area (Å²) in [5.74, 6) is -1.07. The molecular formula is C12H23NO6S. The normalized spacial score (nSPS) is 18.4. The molecule has 8 heteroatoms. The molecule has 0 spiro atoms. The zero-order valence-corrected chi connectivity index (χ0v) is 12.5. The average Bonchev–Trinajstić information content (AvgIpc) is 2.60. The fourth-order valence-corrected chi connectivity index (χ4v) is 2.17. The second-order valence-corrected chi connectivity index (χ2v) is 6.26. The van der Waals surface area contributed by atoms with Crippen LogP contribution < -0.4 is 5.32 Å². The van der Waals surface area contributed by atoms with E-state index in [0.717, 1.165) is 12.8 Å². The van der Waals surface area contributed by atoms with Crippen molar-refractivity contribution in [2.75, 3.05) is 5.75 Å². The van der Waals surface area contributed by atoms with Crippen molar-refractivity contribution in [2.45, 2.75) is 58.0 Å². The van der Waals surface area contributed by atoms with Gasteiger partial charge in [0.25, 0.3) is 16.0 Å². The first-order valence-corrected chi connectivity index (χ1v) is 8.34. The number of carbonyl (C=O) groups is 2. The van der Waals surface area contributed by atoms with E-state index in [4.69, 9.17) is 9.66 Å². The zero-order chi connectivity index (χ0) is 15.6. The van der Waals surface area contributed by atoms with Crippen LogP contribution in [0.15, 0.2) is 0 Å². The highest BCUT2D eigenvalue weighted by molar-refractivity contribution is 7.85. The number of unbranched alkanes of at least 4 members (excludes halogenated alkanes) is 5. The molecule has 0 radical (unpaired) electrons. The van der Waals surface area contributed by atoms with Crippen LogP contribution in [0.5, 0.6) is 0 Å². The molecule has 1 aliphatic heterocycles. The van der Waals surface area contributed by atoms with Gasteiger partial charge in [0, 0.05) is 0 Å². The van der Waals surface area contributed by atoms with Crippen molar-refractivity contribution in [2.24, 2.45) is 0 Å². The van der Waals surface area contributed by atoms with Crippen LogP contribution in [0.2, 0.25) is 0 Å². The molecule has 1 heterocycles. The molecule has 0 bridgehead atoms. The van der Waals surface area contributed by atoms with Gasteiger partial charge in [0.1, 0.15) is 6.10 Å². The van der Waals surface area contributed by atoms with E-state index in [1.165, 1.54) is 19.3 Å². The predicted molar refractivity (Wildman–Crippen MR) is 73.6 cm³/mol. The molecule has 0 aliphatic carbocycles. The summed E-state index contributed by atoms with van der Waals surface area (Å²) in [5.41, 5.74) is 0. The van der Waals surface area contributed by atoms with Crippen molar-refractivity contribution in [3.63, 3.8) is 0 Å². The first-order chi connectivity index (χ1) is 9.26. The monoisotopic (exact) mass is 309 g/mol. The Morgan fingerprint density at radius 3 is 2.05 bits per heavy atom. The van der Waals surface area contributed by atoms with E-state index in [2.05, 4.69) is 6.92 Å². The topological polar surface area (TPSA) is 121 Å². The molecule has 0 aromatic rings. The fraction of sp³-hybridized carbons (Fsp3) is 0.833. The molecule has 20 heavy (non-hydrogen) atoms. The molecule has 118 valence electrons. The molecule has 1 atom stereocenters. The summed E-state index contributed by atoms with van der Waals surface area (Å²) >= 11 is 0. The minimum Gasteiger partial charge on any atom is -0.383 e. The molecule has 1 saturated heterocycles. The third-order valence-corrected chi connectivity index (χ3v) is 3.50. The summed E-state index contributed by atoms with van der Waals surface area (Å²) in [7, 11) is -3.72. The second kappa shape index (κ2) is 9.84. The van der Waals surface area contributed by atoms with Gasteiger partial charge < -0.3 is 5.11 Å². The summed E-state index contributed by atoms with van der Waals surface area (Å²) < 4.78 is 28.9. The van der Waals surface area contributed by atoms with Gasteiger partial charge in [-0.3, -0.25) is 19.5 Å².